The number of amides is 3. The topological polar surface area (TPSA) is 208 Å². The van der Waals surface area contributed by atoms with E-state index in [-0.39, 0.29) is 43.8 Å². The highest BCUT2D eigenvalue weighted by Crippen LogP contribution is 2.12. The predicted octanol–water partition coefficient (Wildman–Crippen LogP) is 0.465. The van der Waals surface area contributed by atoms with Gasteiger partial charge in [0, 0.05) is 12.8 Å². The third kappa shape index (κ3) is 12.3. The highest BCUT2D eigenvalue weighted by molar-refractivity contribution is 7.98. The third-order valence-corrected chi connectivity index (χ3v) is 6.22. The second kappa shape index (κ2) is 16.5. The van der Waals surface area contributed by atoms with Gasteiger partial charge in [0.1, 0.15) is 23.9 Å². The molecule has 0 heterocycles. The molecule has 1 aromatic carbocycles. The van der Waals surface area contributed by atoms with E-state index in [4.69, 9.17) is 10.8 Å². The molecule has 4 atom stereocenters. The van der Waals surface area contributed by atoms with Gasteiger partial charge in [-0.15, -0.1) is 0 Å². The summed E-state index contributed by atoms with van der Waals surface area (Å²) in [5.74, 6) is -3.86. The van der Waals surface area contributed by atoms with Crippen LogP contribution in [0.25, 0.3) is 0 Å². The number of carboxylic acid groups (broad SMARTS) is 2. The zero-order chi connectivity index (χ0) is 28.8. The molecule has 0 spiro atoms. The Kier molecular flexibility index (Phi) is 14.2. The number of phenols is 1. The number of hydrogen-bond acceptors (Lipinski definition) is 8. The lowest BCUT2D eigenvalue weighted by Crippen LogP contribution is -2.57. The van der Waals surface area contributed by atoms with Crippen molar-refractivity contribution in [3.05, 3.63) is 29.8 Å². The van der Waals surface area contributed by atoms with Crippen molar-refractivity contribution in [2.75, 3.05) is 12.0 Å². The van der Waals surface area contributed by atoms with Gasteiger partial charge in [0.15, 0.2) is 0 Å². The van der Waals surface area contributed by atoms with Crippen molar-refractivity contribution >= 4 is 41.4 Å². The van der Waals surface area contributed by atoms with E-state index in [1.54, 1.807) is 12.1 Å². The van der Waals surface area contributed by atoms with Crippen LogP contribution in [0.3, 0.4) is 0 Å². The molecule has 0 aliphatic carbocycles. The lowest BCUT2D eigenvalue weighted by molar-refractivity contribution is -0.142. The van der Waals surface area contributed by atoms with Crippen LogP contribution in [-0.4, -0.2) is 81.2 Å². The molecule has 4 unspecified atom stereocenters. The van der Waals surface area contributed by atoms with Crippen LogP contribution in [-0.2, 0) is 30.4 Å². The molecule has 8 N–H and O–H groups in total. The maximum absolute atomic E-state index is 13.1. The summed E-state index contributed by atoms with van der Waals surface area (Å²) < 4.78 is 0. The standard InChI is InChI=1S/C25H38N4O8S/c1-14(2)12-19(28-22(33)17(26)8-9-21(31)32)24(35)27-18(10-11-38-3)23(34)29-20(25(36)37)13-15-4-6-16(30)7-5-15/h4-7,14,17-20,30H,8-13,26H2,1-3H3,(H,27,35)(H,28,33)(H,29,34)(H,31,32)(H,36,37). The number of carboxylic acids is 2. The molecule has 0 aliphatic rings. The average Bonchev–Trinajstić information content (AvgIpc) is 2.84. The molecule has 12 nitrogen and oxygen atoms in total. The first kappa shape index (κ1) is 32.7. The molecule has 38 heavy (non-hydrogen) atoms. The SMILES string of the molecule is CSCCC(NC(=O)C(CC(C)C)NC(=O)C(N)CCC(=O)O)C(=O)NC(Cc1ccc(O)cc1)C(=O)O. The van der Waals surface area contributed by atoms with Crippen LogP contribution in [0.15, 0.2) is 24.3 Å². The van der Waals surface area contributed by atoms with Crippen LogP contribution < -0.4 is 21.7 Å². The van der Waals surface area contributed by atoms with Gasteiger partial charge in [-0.2, -0.15) is 11.8 Å². The number of benzene rings is 1. The monoisotopic (exact) mass is 554 g/mol. The summed E-state index contributed by atoms with van der Waals surface area (Å²) in [5, 5.41) is 35.5. The van der Waals surface area contributed by atoms with Crippen LogP contribution in [0, 0.1) is 5.92 Å². The first-order valence-electron chi connectivity index (χ1n) is 12.2. The maximum atomic E-state index is 13.1. The third-order valence-electron chi connectivity index (χ3n) is 5.58. The highest BCUT2D eigenvalue weighted by Gasteiger charge is 2.30. The van der Waals surface area contributed by atoms with Crippen molar-refractivity contribution in [2.24, 2.45) is 11.7 Å². The largest absolute Gasteiger partial charge is 0.508 e. The van der Waals surface area contributed by atoms with Gasteiger partial charge >= 0.3 is 11.9 Å². The van der Waals surface area contributed by atoms with E-state index in [1.165, 1.54) is 23.9 Å². The molecule has 0 aliphatic heterocycles. The molecule has 1 aromatic rings. The molecule has 1 rings (SSSR count). The lowest BCUT2D eigenvalue weighted by Gasteiger charge is -2.26. The quantitative estimate of drug-likeness (QED) is 0.141. The highest BCUT2D eigenvalue weighted by atomic mass is 32.2. The lowest BCUT2D eigenvalue weighted by atomic mass is 10.0. The summed E-state index contributed by atoms with van der Waals surface area (Å²) in [6, 6.07) is 1.41. The van der Waals surface area contributed by atoms with E-state index in [0.29, 0.717) is 11.3 Å². The second-order valence-electron chi connectivity index (χ2n) is 9.34. The summed E-state index contributed by atoms with van der Waals surface area (Å²) in [7, 11) is 0. The Bertz CT molecular complexity index is 957. The molecule has 0 fully saturated rings. The van der Waals surface area contributed by atoms with Gasteiger partial charge in [-0.1, -0.05) is 26.0 Å². The number of thioether (sulfide) groups is 1. The fraction of sp³-hybridized carbons (Fsp3) is 0.560. The number of hydrogen-bond donors (Lipinski definition) is 7. The summed E-state index contributed by atoms with van der Waals surface area (Å²) in [4.78, 5) is 61.3. The van der Waals surface area contributed by atoms with Gasteiger partial charge in [-0.05, 0) is 54.9 Å². The van der Waals surface area contributed by atoms with Gasteiger partial charge in [0.2, 0.25) is 17.7 Å². The van der Waals surface area contributed by atoms with Gasteiger partial charge in [-0.3, -0.25) is 19.2 Å². The normalized spacial score (nSPS) is 14.1. The van der Waals surface area contributed by atoms with Crippen molar-refractivity contribution in [3.63, 3.8) is 0 Å². The number of carbonyl (C=O) groups excluding carboxylic acids is 3. The minimum atomic E-state index is -1.28. The molecule has 0 saturated heterocycles. The van der Waals surface area contributed by atoms with Crippen molar-refractivity contribution in [1.29, 1.82) is 0 Å². The Hall–Kier alpha value is -3.32. The van der Waals surface area contributed by atoms with Crippen molar-refractivity contribution in [1.82, 2.24) is 16.0 Å². The van der Waals surface area contributed by atoms with Crippen molar-refractivity contribution < 1.29 is 39.3 Å². The van der Waals surface area contributed by atoms with Crippen LogP contribution >= 0.6 is 11.8 Å². The Morgan fingerprint density at radius 3 is 1.95 bits per heavy atom. The van der Waals surface area contributed by atoms with E-state index >= 15 is 0 Å². The molecule has 0 bridgehead atoms. The average molecular weight is 555 g/mol. The number of aromatic hydroxyl groups is 1. The summed E-state index contributed by atoms with van der Waals surface area (Å²) in [5.41, 5.74) is 6.35. The fourth-order valence-corrected chi connectivity index (χ4v) is 3.98. The van der Waals surface area contributed by atoms with Crippen LogP contribution in [0.4, 0.5) is 0 Å². The number of phenolic OH excluding ortho intramolecular Hbond substituents is 1. The smallest absolute Gasteiger partial charge is 0.326 e. The zero-order valence-corrected chi connectivity index (χ0v) is 22.6. The van der Waals surface area contributed by atoms with Gasteiger partial charge in [0.05, 0.1) is 6.04 Å². The molecule has 13 heteroatoms. The van der Waals surface area contributed by atoms with E-state index in [2.05, 4.69) is 16.0 Å². The molecule has 212 valence electrons. The number of aliphatic carboxylic acids is 2. The Morgan fingerprint density at radius 2 is 1.42 bits per heavy atom. The fourth-order valence-electron chi connectivity index (χ4n) is 3.51. The second-order valence-corrected chi connectivity index (χ2v) is 10.3. The minimum Gasteiger partial charge on any atom is -0.508 e. The van der Waals surface area contributed by atoms with Gasteiger partial charge in [0.25, 0.3) is 0 Å². The van der Waals surface area contributed by atoms with Crippen molar-refractivity contribution in [3.8, 4) is 5.75 Å². The number of nitrogens with two attached hydrogens (primary N) is 1. The summed E-state index contributed by atoms with van der Waals surface area (Å²) >= 11 is 1.44. The van der Waals surface area contributed by atoms with E-state index in [0.717, 1.165) is 0 Å². The number of carbonyl (C=O) groups is 5. The first-order valence-corrected chi connectivity index (χ1v) is 13.6. The van der Waals surface area contributed by atoms with E-state index < -0.39 is 53.8 Å². The van der Waals surface area contributed by atoms with Gasteiger partial charge in [-0.25, -0.2) is 4.79 Å². The molecule has 0 radical (unpaired) electrons. The maximum Gasteiger partial charge on any atom is 0.326 e. The van der Waals surface area contributed by atoms with Crippen LogP contribution in [0.5, 0.6) is 5.75 Å². The first-order chi connectivity index (χ1) is 17.8. The number of nitrogens with one attached hydrogen (secondary N) is 3. The Labute approximate surface area is 226 Å². The van der Waals surface area contributed by atoms with Crippen LogP contribution in [0.1, 0.15) is 45.1 Å². The molecule has 0 aromatic heterocycles. The Morgan fingerprint density at radius 1 is 0.868 bits per heavy atom. The molecular formula is C25H38N4O8S. The minimum absolute atomic E-state index is 0.0125. The number of rotatable bonds is 17. The summed E-state index contributed by atoms with van der Waals surface area (Å²) in [6.45, 7) is 3.69. The van der Waals surface area contributed by atoms with E-state index in [1.807, 2.05) is 20.1 Å². The predicted molar refractivity (Wildman–Crippen MR) is 143 cm³/mol. The van der Waals surface area contributed by atoms with E-state index in [9.17, 15) is 34.2 Å². The summed E-state index contributed by atoms with van der Waals surface area (Å²) in [6.07, 6.45) is 1.82. The van der Waals surface area contributed by atoms with Gasteiger partial charge < -0.3 is 37.0 Å². The molecule has 3 amide bonds. The van der Waals surface area contributed by atoms with Crippen molar-refractivity contribution in [2.45, 2.75) is 70.1 Å². The van der Waals surface area contributed by atoms with Crippen LogP contribution in [0.2, 0.25) is 0 Å². The zero-order valence-electron chi connectivity index (χ0n) is 21.8. The molecule has 0 saturated carbocycles. The Balaban J connectivity index is 2.98. The molecular weight excluding hydrogens is 516 g/mol.